The van der Waals surface area contributed by atoms with Gasteiger partial charge in [-0.15, -0.1) is 0 Å². The van der Waals surface area contributed by atoms with Crippen LogP contribution in [0.4, 0.5) is 11.4 Å². The third-order valence-electron chi connectivity index (χ3n) is 6.19. The fourth-order valence-electron chi connectivity index (χ4n) is 4.07. The van der Waals surface area contributed by atoms with E-state index in [2.05, 4.69) is 10.0 Å². The Balaban J connectivity index is 1.40. The number of sulfonamides is 2. The Bertz CT molecular complexity index is 1450. The highest BCUT2D eigenvalue weighted by atomic mass is 32.2. The molecule has 0 saturated carbocycles. The van der Waals surface area contributed by atoms with Gasteiger partial charge in [0.2, 0.25) is 15.9 Å². The van der Waals surface area contributed by atoms with Gasteiger partial charge in [-0.05, 0) is 80.4 Å². The summed E-state index contributed by atoms with van der Waals surface area (Å²) in [7, 11) is -6.04. The molecule has 1 aliphatic rings. The first-order valence-corrected chi connectivity index (χ1v) is 14.7. The van der Waals surface area contributed by atoms with Crippen LogP contribution in [0, 0.1) is 12.8 Å². The summed E-state index contributed by atoms with van der Waals surface area (Å²) in [6.45, 7) is 2.31. The van der Waals surface area contributed by atoms with Gasteiger partial charge in [-0.2, -0.15) is 4.31 Å². The second kappa shape index (κ2) is 10.9. The molecule has 1 atom stereocenters. The van der Waals surface area contributed by atoms with Crippen molar-refractivity contribution in [3.63, 3.8) is 0 Å². The standard InChI is InChI=1S/C26H29N3O6S2/c1-19-5-7-22(8-6-19)28-36(31,32)24-13-9-21(10-14-24)27-26(30)20-4-3-17-29(18-20)37(33,34)25-15-11-23(35-2)12-16-25/h5-16,20,28H,3-4,17-18H2,1-2H3,(H,27,30)/t20-/m1/s1. The topological polar surface area (TPSA) is 122 Å². The molecule has 1 heterocycles. The molecule has 1 aliphatic heterocycles. The molecule has 1 amide bonds. The molecule has 11 heteroatoms. The van der Waals surface area contributed by atoms with E-state index >= 15 is 0 Å². The minimum Gasteiger partial charge on any atom is -0.497 e. The van der Waals surface area contributed by atoms with Gasteiger partial charge >= 0.3 is 0 Å². The van der Waals surface area contributed by atoms with Crippen LogP contribution in [0.5, 0.6) is 5.75 Å². The predicted molar refractivity (Wildman–Crippen MR) is 142 cm³/mol. The number of benzene rings is 3. The lowest BCUT2D eigenvalue weighted by Crippen LogP contribution is -2.43. The Hall–Kier alpha value is -3.41. The quantitative estimate of drug-likeness (QED) is 0.445. The van der Waals surface area contributed by atoms with Crippen molar-refractivity contribution < 1.29 is 26.4 Å². The first-order chi connectivity index (χ1) is 17.6. The summed E-state index contributed by atoms with van der Waals surface area (Å²) in [5.41, 5.74) is 1.89. The number of carbonyl (C=O) groups is 1. The SMILES string of the molecule is COc1ccc(S(=O)(=O)N2CCC[C@@H](C(=O)Nc3ccc(S(=O)(=O)Nc4ccc(C)cc4)cc3)C2)cc1. The maximum Gasteiger partial charge on any atom is 0.261 e. The highest BCUT2D eigenvalue weighted by Crippen LogP contribution is 2.26. The third kappa shape index (κ3) is 6.30. The molecule has 3 aromatic carbocycles. The summed E-state index contributed by atoms with van der Waals surface area (Å²) < 4.78 is 60.5. The molecule has 0 unspecified atom stereocenters. The van der Waals surface area contributed by atoms with Gasteiger partial charge in [-0.1, -0.05) is 17.7 Å². The van der Waals surface area contributed by atoms with E-state index in [0.29, 0.717) is 36.5 Å². The number of hydrogen-bond donors (Lipinski definition) is 2. The summed E-state index contributed by atoms with van der Waals surface area (Å²) in [6, 6.07) is 19.0. The molecule has 0 radical (unpaired) electrons. The lowest BCUT2D eigenvalue weighted by atomic mass is 9.99. The third-order valence-corrected chi connectivity index (χ3v) is 9.46. The second-order valence-corrected chi connectivity index (χ2v) is 12.5. The summed E-state index contributed by atoms with van der Waals surface area (Å²) in [5, 5.41) is 2.78. The minimum absolute atomic E-state index is 0.0560. The van der Waals surface area contributed by atoms with E-state index in [0.717, 1.165) is 5.56 Å². The maximum absolute atomic E-state index is 13.1. The van der Waals surface area contributed by atoms with Crippen molar-refractivity contribution in [1.29, 1.82) is 0 Å². The van der Waals surface area contributed by atoms with Gasteiger partial charge in [0.1, 0.15) is 5.75 Å². The maximum atomic E-state index is 13.1. The van der Waals surface area contributed by atoms with Gasteiger partial charge in [-0.25, -0.2) is 16.8 Å². The van der Waals surface area contributed by atoms with Crippen molar-refractivity contribution in [2.75, 3.05) is 30.2 Å². The normalized spacial score (nSPS) is 16.6. The van der Waals surface area contributed by atoms with E-state index in [9.17, 15) is 21.6 Å². The molecule has 0 aliphatic carbocycles. The Kier molecular flexibility index (Phi) is 7.86. The molecule has 3 aromatic rings. The van der Waals surface area contributed by atoms with Crippen LogP contribution in [0.25, 0.3) is 0 Å². The summed E-state index contributed by atoms with van der Waals surface area (Å²) in [5.74, 6) is -0.295. The lowest BCUT2D eigenvalue weighted by molar-refractivity contribution is -0.120. The molecule has 9 nitrogen and oxygen atoms in total. The summed E-state index contributed by atoms with van der Waals surface area (Å²) >= 11 is 0. The van der Waals surface area contributed by atoms with Crippen molar-refractivity contribution in [2.45, 2.75) is 29.6 Å². The first-order valence-electron chi connectivity index (χ1n) is 11.7. The van der Waals surface area contributed by atoms with Crippen LogP contribution >= 0.6 is 0 Å². The van der Waals surface area contributed by atoms with E-state index in [1.807, 2.05) is 19.1 Å². The van der Waals surface area contributed by atoms with Crippen molar-refractivity contribution in [3.8, 4) is 5.75 Å². The first kappa shape index (κ1) is 26.6. The molecular weight excluding hydrogens is 514 g/mol. The summed E-state index contributed by atoms with van der Waals surface area (Å²) in [4.78, 5) is 13.1. The molecule has 1 fully saturated rings. The lowest BCUT2D eigenvalue weighted by Gasteiger charge is -2.31. The van der Waals surface area contributed by atoms with Crippen LogP contribution < -0.4 is 14.8 Å². The van der Waals surface area contributed by atoms with Gasteiger partial charge in [0.05, 0.1) is 22.8 Å². The number of ether oxygens (including phenoxy) is 1. The number of methoxy groups -OCH3 is 1. The number of amides is 1. The van der Waals surface area contributed by atoms with Crippen molar-refractivity contribution in [3.05, 3.63) is 78.4 Å². The average molecular weight is 544 g/mol. The molecule has 1 saturated heterocycles. The highest BCUT2D eigenvalue weighted by Gasteiger charge is 2.33. The van der Waals surface area contributed by atoms with Gasteiger partial charge in [-0.3, -0.25) is 9.52 Å². The molecule has 37 heavy (non-hydrogen) atoms. The number of hydrogen-bond acceptors (Lipinski definition) is 6. The van der Waals surface area contributed by atoms with Crippen LogP contribution in [0.1, 0.15) is 18.4 Å². The number of carbonyl (C=O) groups excluding carboxylic acids is 1. The summed E-state index contributed by atoms with van der Waals surface area (Å²) in [6.07, 6.45) is 1.10. The molecule has 2 N–H and O–H groups in total. The zero-order chi connectivity index (χ0) is 26.6. The number of piperidine rings is 1. The van der Waals surface area contributed by atoms with Crippen molar-refractivity contribution in [2.24, 2.45) is 5.92 Å². The van der Waals surface area contributed by atoms with Crippen LogP contribution in [0.2, 0.25) is 0 Å². The Labute approximate surface area is 217 Å². The molecule has 196 valence electrons. The number of rotatable bonds is 8. The Morgan fingerprint density at radius 2 is 1.46 bits per heavy atom. The van der Waals surface area contributed by atoms with Crippen LogP contribution in [-0.2, 0) is 24.8 Å². The van der Waals surface area contributed by atoms with E-state index in [4.69, 9.17) is 4.74 Å². The molecule has 0 aromatic heterocycles. The van der Waals surface area contributed by atoms with E-state index < -0.39 is 26.0 Å². The van der Waals surface area contributed by atoms with Gasteiger partial charge in [0.25, 0.3) is 10.0 Å². The van der Waals surface area contributed by atoms with Gasteiger partial charge in [0.15, 0.2) is 0 Å². The fourth-order valence-corrected chi connectivity index (χ4v) is 6.65. The smallest absolute Gasteiger partial charge is 0.261 e. The Morgan fingerprint density at radius 1 is 0.865 bits per heavy atom. The number of anilines is 2. The zero-order valence-electron chi connectivity index (χ0n) is 20.5. The van der Waals surface area contributed by atoms with Crippen LogP contribution in [0.3, 0.4) is 0 Å². The monoisotopic (exact) mass is 543 g/mol. The predicted octanol–water partition coefficient (Wildman–Crippen LogP) is 3.84. The average Bonchev–Trinajstić information content (AvgIpc) is 2.90. The van der Waals surface area contributed by atoms with Crippen LogP contribution in [0.15, 0.2) is 82.6 Å². The minimum atomic E-state index is -3.79. The van der Waals surface area contributed by atoms with Gasteiger partial charge in [0, 0.05) is 24.5 Å². The largest absolute Gasteiger partial charge is 0.497 e. The molecule has 0 bridgehead atoms. The molecular formula is C26H29N3O6S2. The molecule has 0 spiro atoms. The number of nitrogens with one attached hydrogen (secondary N) is 2. The van der Waals surface area contributed by atoms with Crippen LogP contribution in [-0.4, -0.2) is 47.2 Å². The number of nitrogens with zero attached hydrogens (tertiary/aromatic N) is 1. The van der Waals surface area contributed by atoms with Crippen molar-refractivity contribution in [1.82, 2.24) is 4.31 Å². The Morgan fingerprint density at radius 3 is 2.08 bits per heavy atom. The molecule has 4 rings (SSSR count). The number of aryl methyl sites for hydroxylation is 1. The highest BCUT2D eigenvalue weighted by molar-refractivity contribution is 7.92. The zero-order valence-corrected chi connectivity index (χ0v) is 22.2. The van der Waals surface area contributed by atoms with E-state index in [-0.39, 0.29) is 22.2 Å². The van der Waals surface area contributed by atoms with E-state index in [1.54, 1.807) is 24.3 Å². The van der Waals surface area contributed by atoms with Crippen molar-refractivity contribution >= 4 is 37.3 Å². The van der Waals surface area contributed by atoms with Gasteiger partial charge < -0.3 is 10.1 Å². The fraction of sp³-hybridized carbons (Fsp3) is 0.269. The van der Waals surface area contributed by atoms with E-state index in [1.165, 1.54) is 47.8 Å². The second-order valence-electron chi connectivity index (χ2n) is 8.86.